The van der Waals surface area contributed by atoms with Crippen LogP contribution in [-0.4, -0.2) is 11.8 Å². The third kappa shape index (κ3) is 3.49. The number of hydrogen-bond donors (Lipinski definition) is 1. The molecule has 108 valence electrons. The van der Waals surface area contributed by atoms with Crippen LogP contribution >= 0.6 is 11.8 Å². The van der Waals surface area contributed by atoms with E-state index in [-0.39, 0.29) is 0 Å². The highest BCUT2D eigenvalue weighted by Crippen LogP contribution is 2.33. The lowest BCUT2D eigenvalue weighted by atomic mass is 9.80. The maximum Gasteiger partial charge on any atom is 0.102 e. The molecule has 0 heterocycles. The maximum atomic E-state index is 9.46. The molecule has 0 bridgehead atoms. The Bertz CT molecular complexity index is 492. The van der Waals surface area contributed by atoms with Gasteiger partial charge in [0.05, 0.1) is 11.3 Å². The minimum atomic E-state index is 0.500. The zero-order valence-corrected chi connectivity index (χ0v) is 13.5. The van der Waals surface area contributed by atoms with Crippen molar-refractivity contribution in [2.24, 2.45) is 11.8 Å². The Hall–Kier alpha value is -1.14. The second-order valence-corrected chi connectivity index (χ2v) is 7.18. The van der Waals surface area contributed by atoms with Crippen LogP contribution in [0.1, 0.15) is 45.6 Å². The predicted molar refractivity (Wildman–Crippen MR) is 87.1 cm³/mol. The number of rotatable bonds is 4. The first kappa shape index (κ1) is 15.3. The van der Waals surface area contributed by atoms with E-state index in [2.05, 4.69) is 38.2 Å². The third-order valence-electron chi connectivity index (χ3n) is 4.21. The molecule has 0 amide bonds. The molecule has 0 spiro atoms. The first-order valence-electron chi connectivity index (χ1n) is 7.58. The highest BCUT2D eigenvalue weighted by molar-refractivity contribution is 7.99. The second kappa shape index (κ2) is 7.04. The van der Waals surface area contributed by atoms with Crippen LogP contribution in [0.4, 0.5) is 5.69 Å². The summed E-state index contributed by atoms with van der Waals surface area (Å²) in [7, 11) is 0. The Balaban J connectivity index is 2.17. The number of nitrogens with zero attached hydrogens (tertiary/aromatic N) is 1. The average Bonchev–Trinajstić information content (AvgIpc) is 2.42. The van der Waals surface area contributed by atoms with Crippen LogP contribution in [0.25, 0.3) is 0 Å². The fourth-order valence-corrected chi connectivity index (χ4v) is 3.91. The van der Waals surface area contributed by atoms with Gasteiger partial charge in [0.25, 0.3) is 0 Å². The minimum Gasteiger partial charge on any atom is -0.381 e. The van der Waals surface area contributed by atoms with E-state index in [0.717, 1.165) is 27.8 Å². The molecular formula is C17H24N2S. The zero-order chi connectivity index (χ0) is 14.5. The van der Waals surface area contributed by atoms with Crippen LogP contribution < -0.4 is 5.32 Å². The van der Waals surface area contributed by atoms with Crippen LogP contribution in [0.5, 0.6) is 0 Å². The Morgan fingerprint density at radius 1 is 1.35 bits per heavy atom. The normalized spacial score (nSPS) is 26.0. The van der Waals surface area contributed by atoms with Gasteiger partial charge < -0.3 is 5.32 Å². The molecule has 3 atom stereocenters. The zero-order valence-electron chi connectivity index (χ0n) is 12.6. The van der Waals surface area contributed by atoms with Gasteiger partial charge in [-0.1, -0.05) is 26.8 Å². The quantitative estimate of drug-likeness (QED) is 0.800. The topological polar surface area (TPSA) is 35.8 Å². The molecule has 1 aliphatic rings. The number of nitrogens with one attached hydrogen (secondary N) is 1. The van der Waals surface area contributed by atoms with Gasteiger partial charge in [-0.2, -0.15) is 5.26 Å². The highest BCUT2D eigenvalue weighted by Gasteiger charge is 2.25. The molecule has 2 rings (SSSR count). The van der Waals surface area contributed by atoms with Crippen LogP contribution in [-0.2, 0) is 0 Å². The lowest BCUT2D eigenvalue weighted by molar-refractivity contribution is 0.276. The van der Waals surface area contributed by atoms with Crippen molar-refractivity contribution in [3.8, 4) is 6.07 Å². The van der Waals surface area contributed by atoms with Gasteiger partial charge in [0.2, 0.25) is 0 Å². The van der Waals surface area contributed by atoms with Gasteiger partial charge in [-0.3, -0.25) is 0 Å². The number of hydrogen-bond acceptors (Lipinski definition) is 3. The van der Waals surface area contributed by atoms with Gasteiger partial charge in [0, 0.05) is 10.9 Å². The summed E-state index contributed by atoms with van der Waals surface area (Å²) in [6.45, 7) is 6.78. The van der Waals surface area contributed by atoms with E-state index in [4.69, 9.17) is 0 Å². The Morgan fingerprint density at radius 2 is 2.15 bits per heavy atom. The second-order valence-electron chi connectivity index (χ2n) is 5.87. The van der Waals surface area contributed by atoms with Crippen LogP contribution in [0.15, 0.2) is 23.1 Å². The van der Waals surface area contributed by atoms with Gasteiger partial charge in [0.15, 0.2) is 0 Å². The molecule has 1 aromatic rings. The van der Waals surface area contributed by atoms with Crippen molar-refractivity contribution in [2.75, 3.05) is 11.1 Å². The van der Waals surface area contributed by atoms with Crippen molar-refractivity contribution in [1.82, 2.24) is 0 Å². The van der Waals surface area contributed by atoms with E-state index in [1.54, 1.807) is 11.8 Å². The first-order chi connectivity index (χ1) is 9.65. The molecule has 2 nitrogen and oxygen atoms in total. The number of thioether (sulfide) groups is 1. The van der Waals surface area contributed by atoms with E-state index in [0.29, 0.717) is 12.0 Å². The molecule has 3 heteroatoms. The highest BCUT2D eigenvalue weighted by atomic mass is 32.2. The Kier molecular flexibility index (Phi) is 5.37. The molecule has 1 aliphatic carbocycles. The van der Waals surface area contributed by atoms with E-state index in [1.807, 2.05) is 12.1 Å². The Labute approximate surface area is 127 Å². The largest absolute Gasteiger partial charge is 0.381 e. The van der Waals surface area contributed by atoms with Crippen molar-refractivity contribution >= 4 is 17.4 Å². The summed E-state index contributed by atoms with van der Waals surface area (Å²) in [6.07, 6.45) is 3.77. The van der Waals surface area contributed by atoms with Crippen molar-refractivity contribution in [3.63, 3.8) is 0 Å². The number of anilines is 1. The molecule has 0 aliphatic heterocycles. The Morgan fingerprint density at radius 3 is 2.80 bits per heavy atom. The smallest absolute Gasteiger partial charge is 0.102 e. The van der Waals surface area contributed by atoms with Crippen LogP contribution in [0.3, 0.4) is 0 Å². The summed E-state index contributed by atoms with van der Waals surface area (Å²) in [6, 6.07) is 9.02. The minimum absolute atomic E-state index is 0.500. The van der Waals surface area contributed by atoms with E-state index in [9.17, 15) is 5.26 Å². The standard InChI is InChI=1S/C17H24N2S/c1-4-20-17-7-5-6-16(14(17)11-18)19-15-9-8-12(2)10-13(15)3/h5-7,12-13,15,19H,4,8-10H2,1-3H3. The molecule has 0 radical (unpaired) electrons. The molecule has 20 heavy (non-hydrogen) atoms. The van der Waals surface area contributed by atoms with E-state index >= 15 is 0 Å². The van der Waals surface area contributed by atoms with Crippen molar-refractivity contribution in [2.45, 2.75) is 51.0 Å². The molecule has 1 fully saturated rings. The predicted octanol–water partition coefficient (Wildman–Crippen LogP) is 4.91. The van der Waals surface area contributed by atoms with Crippen molar-refractivity contribution < 1.29 is 0 Å². The summed E-state index contributed by atoms with van der Waals surface area (Å²) in [5, 5.41) is 13.1. The van der Waals surface area contributed by atoms with E-state index in [1.165, 1.54) is 19.3 Å². The average molecular weight is 288 g/mol. The van der Waals surface area contributed by atoms with Gasteiger partial charge >= 0.3 is 0 Å². The third-order valence-corrected chi connectivity index (χ3v) is 5.15. The number of nitriles is 1. The van der Waals surface area contributed by atoms with Crippen LogP contribution in [0.2, 0.25) is 0 Å². The fourth-order valence-electron chi connectivity index (χ4n) is 3.12. The first-order valence-corrected chi connectivity index (χ1v) is 8.56. The van der Waals surface area contributed by atoms with Crippen molar-refractivity contribution in [1.29, 1.82) is 5.26 Å². The van der Waals surface area contributed by atoms with E-state index < -0.39 is 0 Å². The molecule has 1 saturated carbocycles. The van der Waals surface area contributed by atoms with Gasteiger partial charge in [-0.05, 0) is 49.0 Å². The monoisotopic (exact) mass is 288 g/mol. The summed E-state index contributed by atoms with van der Waals surface area (Å²) < 4.78 is 0. The summed E-state index contributed by atoms with van der Waals surface area (Å²) in [5.74, 6) is 2.50. The molecule has 1 aromatic carbocycles. The van der Waals surface area contributed by atoms with Crippen molar-refractivity contribution in [3.05, 3.63) is 23.8 Å². The summed E-state index contributed by atoms with van der Waals surface area (Å²) in [4.78, 5) is 1.09. The lowest BCUT2D eigenvalue weighted by Gasteiger charge is -2.34. The molecule has 0 aromatic heterocycles. The summed E-state index contributed by atoms with van der Waals surface area (Å²) >= 11 is 1.74. The van der Waals surface area contributed by atoms with Crippen LogP contribution in [0, 0.1) is 23.2 Å². The maximum absolute atomic E-state index is 9.46. The SMILES string of the molecule is CCSc1cccc(NC2CCC(C)CC2C)c1C#N. The molecule has 3 unspecified atom stereocenters. The number of benzene rings is 1. The lowest BCUT2D eigenvalue weighted by Crippen LogP contribution is -2.33. The van der Waals surface area contributed by atoms with Gasteiger partial charge in [-0.15, -0.1) is 11.8 Å². The van der Waals surface area contributed by atoms with Gasteiger partial charge in [-0.25, -0.2) is 0 Å². The molecular weight excluding hydrogens is 264 g/mol. The van der Waals surface area contributed by atoms with Gasteiger partial charge in [0.1, 0.15) is 6.07 Å². The molecule has 1 N–H and O–H groups in total. The summed E-state index contributed by atoms with van der Waals surface area (Å²) in [5.41, 5.74) is 1.82. The fraction of sp³-hybridized carbons (Fsp3) is 0.588. The molecule has 0 saturated heterocycles.